The van der Waals surface area contributed by atoms with E-state index in [1.807, 2.05) is 26.0 Å². The van der Waals surface area contributed by atoms with E-state index in [2.05, 4.69) is 10.1 Å². The van der Waals surface area contributed by atoms with Crippen molar-refractivity contribution in [2.24, 2.45) is 0 Å². The maximum Gasteiger partial charge on any atom is 0.307 e. The van der Waals surface area contributed by atoms with Gasteiger partial charge in [0.25, 0.3) is 5.91 Å². The highest BCUT2D eigenvalue weighted by Crippen LogP contribution is 2.17. The smallest absolute Gasteiger partial charge is 0.307 e. The van der Waals surface area contributed by atoms with Crippen molar-refractivity contribution in [3.8, 4) is 0 Å². The normalized spacial score (nSPS) is 10.2. The number of methoxy groups -OCH3 is 1. The number of carbonyl (C=O) groups excluding carboxylic acids is 3. The monoisotopic (exact) mass is 339 g/mol. The van der Waals surface area contributed by atoms with Crippen LogP contribution in [0, 0.1) is 13.8 Å². The molecule has 0 unspecified atom stereocenters. The van der Waals surface area contributed by atoms with E-state index in [0.29, 0.717) is 11.1 Å². The van der Waals surface area contributed by atoms with E-state index in [4.69, 9.17) is 0 Å². The molecule has 0 spiro atoms. The van der Waals surface area contributed by atoms with Gasteiger partial charge in [0.2, 0.25) is 0 Å². The minimum Gasteiger partial charge on any atom is -0.469 e. The molecule has 0 saturated heterocycles. The molecule has 0 radical (unpaired) electrons. The summed E-state index contributed by atoms with van der Waals surface area (Å²) in [7, 11) is 1.29. The number of esters is 1. The average molecular weight is 339 g/mol. The van der Waals surface area contributed by atoms with Crippen molar-refractivity contribution in [3.63, 3.8) is 0 Å². The molecular formula is C20H21NO4. The molecule has 2 rings (SSSR count). The number of amides is 1. The molecule has 0 heterocycles. The van der Waals surface area contributed by atoms with E-state index < -0.39 is 11.9 Å². The molecule has 130 valence electrons. The summed E-state index contributed by atoms with van der Waals surface area (Å²) in [4.78, 5) is 36.3. The zero-order valence-corrected chi connectivity index (χ0v) is 14.6. The highest BCUT2D eigenvalue weighted by atomic mass is 16.5. The Morgan fingerprint density at radius 1 is 0.960 bits per heavy atom. The number of ether oxygens (including phenoxy) is 1. The summed E-state index contributed by atoms with van der Waals surface area (Å²) in [6.07, 6.45) is 0.0789. The summed E-state index contributed by atoms with van der Waals surface area (Å²) < 4.78 is 4.53. The number of hydrogen-bond acceptors (Lipinski definition) is 4. The number of nitrogens with one attached hydrogen (secondary N) is 1. The Morgan fingerprint density at radius 3 is 2.28 bits per heavy atom. The van der Waals surface area contributed by atoms with Gasteiger partial charge in [-0.1, -0.05) is 30.3 Å². The number of rotatable bonds is 6. The first-order valence-corrected chi connectivity index (χ1v) is 8.00. The van der Waals surface area contributed by atoms with Gasteiger partial charge in [-0.25, -0.2) is 0 Å². The van der Waals surface area contributed by atoms with E-state index in [0.717, 1.165) is 11.1 Å². The fourth-order valence-corrected chi connectivity index (χ4v) is 2.39. The van der Waals surface area contributed by atoms with Crippen LogP contribution in [0.25, 0.3) is 0 Å². The molecule has 1 N–H and O–H groups in total. The summed E-state index contributed by atoms with van der Waals surface area (Å²) in [6.45, 7) is 4.07. The van der Waals surface area contributed by atoms with Crippen LogP contribution in [-0.4, -0.2) is 31.3 Å². The lowest BCUT2D eigenvalue weighted by Crippen LogP contribution is -2.28. The van der Waals surface area contributed by atoms with Crippen LogP contribution < -0.4 is 5.32 Å². The van der Waals surface area contributed by atoms with E-state index in [-0.39, 0.29) is 24.3 Å². The van der Waals surface area contributed by atoms with Gasteiger partial charge in [-0.3, -0.25) is 14.4 Å². The van der Waals surface area contributed by atoms with Crippen LogP contribution in [0.15, 0.2) is 42.5 Å². The predicted octanol–water partition coefficient (Wildman–Crippen LogP) is 2.83. The molecule has 0 saturated carbocycles. The Bertz CT molecular complexity index is 811. The molecule has 5 heteroatoms. The molecule has 0 bridgehead atoms. The first-order valence-electron chi connectivity index (χ1n) is 8.00. The molecule has 0 aliphatic carbocycles. The van der Waals surface area contributed by atoms with Gasteiger partial charge in [0.05, 0.1) is 19.1 Å². The maximum atomic E-state index is 12.8. The van der Waals surface area contributed by atoms with Gasteiger partial charge in [0.1, 0.15) is 0 Å². The number of ketones is 1. The van der Waals surface area contributed by atoms with Crippen LogP contribution in [0.2, 0.25) is 0 Å². The Hall–Kier alpha value is -2.95. The number of benzene rings is 2. The van der Waals surface area contributed by atoms with Gasteiger partial charge in [-0.05, 0) is 37.1 Å². The summed E-state index contributed by atoms with van der Waals surface area (Å²) >= 11 is 0. The van der Waals surface area contributed by atoms with Crippen molar-refractivity contribution in [1.29, 1.82) is 0 Å². The second-order valence-corrected chi connectivity index (χ2v) is 5.76. The van der Waals surface area contributed by atoms with Crippen LogP contribution in [0.3, 0.4) is 0 Å². The van der Waals surface area contributed by atoms with Crippen LogP contribution in [0.4, 0.5) is 0 Å². The van der Waals surface area contributed by atoms with Crippen molar-refractivity contribution >= 4 is 17.7 Å². The number of aryl methyl sites for hydroxylation is 2. The Labute approximate surface area is 147 Å². The third kappa shape index (κ3) is 4.53. The molecule has 5 nitrogen and oxygen atoms in total. The minimum absolute atomic E-state index is 0.0789. The highest BCUT2D eigenvalue weighted by Gasteiger charge is 2.18. The Morgan fingerprint density at radius 2 is 1.64 bits per heavy atom. The van der Waals surface area contributed by atoms with E-state index in [1.165, 1.54) is 7.11 Å². The van der Waals surface area contributed by atoms with Gasteiger partial charge in [0, 0.05) is 17.7 Å². The lowest BCUT2D eigenvalue weighted by atomic mass is 9.95. The predicted molar refractivity (Wildman–Crippen MR) is 94.8 cm³/mol. The van der Waals surface area contributed by atoms with Crippen molar-refractivity contribution in [1.82, 2.24) is 5.32 Å². The van der Waals surface area contributed by atoms with Crippen LogP contribution in [0.1, 0.15) is 43.8 Å². The first-order chi connectivity index (χ1) is 11.9. The van der Waals surface area contributed by atoms with Gasteiger partial charge in [0.15, 0.2) is 5.78 Å². The van der Waals surface area contributed by atoms with Gasteiger partial charge in [-0.2, -0.15) is 0 Å². The standard InChI is InChI=1S/C20H21NO4/c1-13-8-9-15(12-14(13)2)19(23)16-6-4-5-7-17(16)20(24)21-11-10-18(22)25-3/h4-9,12H,10-11H2,1-3H3,(H,21,24). The second-order valence-electron chi connectivity index (χ2n) is 5.76. The van der Waals surface area contributed by atoms with Crippen molar-refractivity contribution in [3.05, 3.63) is 70.3 Å². The van der Waals surface area contributed by atoms with E-state index >= 15 is 0 Å². The molecule has 2 aromatic carbocycles. The van der Waals surface area contributed by atoms with Crippen LogP contribution in [-0.2, 0) is 9.53 Å². The fraction of sp³-hybridized carbons (Fsp3) is 0.250. The molecule has 0 aliphatic heterocycles. The molecule has 2 aromatic rings. The summed E-state index contributed by atoms with van der Waals surface area (Å²) in [5.41, 5.74) is 3.28. The van der Waals surface area contributed by atoms with Crippen molar-refractivity contribution < 1.29 is 19.1 Å². The van der Waals surface area contributed by atoms with Gasteiger partial charge < -0.3 is 10.1 Å². The quantitative estimate of drug-likeness (QED) is 0.649. The molecule has 0 fully saturated rings. The lowest BCUT2D eigenvalue weighted by Gasteiger charge is -2.10. The molecule has 0 aliphatic rings. The topological polar surface area (TPSA) is 72.5 Å². The van der Waals surface area contributed by atoms with Gasteiger partial charge in [-0.15, -0.1) is 0 Å². The largest absolute Gasteiger partial charge is 0.469 e. The minimum atomic E-state index is -0.403. The summed E-state index contributed by atoms with van der Waals surface area (Å²) in [6, 6.07) is 12.1. The highest BCUT2D eigenvalue weighted by molar-refractivity contribution is 6.15. The second kappa shape index (κ2) is 8.24. The Kier molecular flexibility index (Phi) is 6.06. The summed E-state index contributed by atoms with van der Waals surface area (Å²) in [5.74, 6) is -1.00. The lowest BCUT2D eigenvalue weighted by molar-refractivity contribution is -0.140. The third-order valence-electron chi connectivity index (χ3n) is 4.03. The zero-order valence-electron chi connectivity index (χ0n) is 14.6. The van der Waals surface area contributed by atoms with E-state index in [1.54, 1.807) is 30.3 Å². The molecular weight excluding hydrogens is 318 g/mol. The SMILES string of the molecule is COC(=O)CCNC(=O)c1ccccc1C(=O)c1ccc(C)c(C)c1. The van der Waals surface area contributed by atoms with Crippen LogP contribution >= 0.6 is 0 Å². The number of carbonyl (C=O) groups is 3. The average Bonchev–Trinajstić information content (AvgIpc) is 2.63. The fourth-order valence-electron chi connectivity index (χ4n) is 2.39. The van der Waals surface area contributed by atoms with Crippen molar-refractivity contribution in [2.75, 3.05) is 13.7 Å². The van der Waals surface area contributed by atoms with Crippen molar-refractivity contribution in [2.45, 2.75) is 20.3 Å². The molecule has 0 atom stereocenters. The maximum absolute atomic E-state index is 12.8. The van der Waals surface area contributed by atoms with Gasteiger partial charge >= 0.3 is 5.97 Å². The van der Waals surface area contributed by atoms with E-state index in [9.17, 15) is 14.4 Å². The summed E-state index contributed by atoms with van der Waals surface area (Å²) in [5, 5.41) is 2.64. The number of hydrogen-bond donors (Lipinski definition) is 1. The van der Waals surface area contributed by atoms with Crippen LogP contribution in [0.5, 0.6) is 0 Å². The molecule has 25 heavy (non-hydrogen) atoms. The first kappa shape index (κ1) is 18.4. The third-order valence-corrected chi connectivity index (χ3v) is 4.03. The molecule has 0 aromatic heterocycles. The molecule has 1 amide bonds. The Balaban J connectivity index is 2.22. The zero-order chi connectivity index (χ0) is 18.4.